The van der Waals surface area contributed by atoms with Gasteiger partial charge in [0.2, 0.25) is 0 Å². The maximum atomic E-state index is 12.7. The van der Waals surface area contributed by atoms with Gasteiger partial charge in [0.1, 0.15) is 0 Å². The van der Waals surface area contributed by atoms with E-state index in [2.05, 4.69) is 0 Å². The summed E-state index contributed by atoms with van der Waals surface area (Å²) in [6.45, 7) is 1.62. The molecule has 1 N–H and O–H groups in total. The molecule has 21 heavy (non-hydrogen) atoms. The maximum Gasteiger partial charge on any atom is 0.308 e. The van der Waals surface area contributed by atoms with E-state index in [-0.39, 0.29) is 29.6 Å². The lowest BCUT2D eigenvalue weighted by molar-refractivity contribution is -0.141. The van der Waals surface area contributed by atoms with Gasteiger partial charge in [-0.05, 0) is 25.0 Å². The lowest BCUT2D eigenvalue weighted by atomic mass is 10.1. The van der Waals surface area contributed by atoms with Crippen molar-refractivity contribution >= 4 is 11.9 Å². The van der Waals surface area contributed by atoms with Crippen molar-refractivity contribution in [1.29, 1.82) is 0 Å². The summed E-state index contributed by atoms with van der Waals surface area (Å²) in [6, 6.07) is 5.36. The van der Waals surface area contributed by atoms with Gasteiger partial charge in [0.25, 0.3) is 12.3 Å². The van der Waals surface area contributed by atoms with E-state index >= 15 is 0 Å². The number of benzene rings is 1. The molecule has 0 aliphatic heterocycles. The third-order valence-corrected chi connectivity index (χ3v) is 3.53. The van der Waals surface area contributed by atoms with Gasteiger partial charge in [-0.2, -0.15) is 0 Å². The van der Waals surface area contributed by atoms with Gasteiger partial charge in [-0.25, -0.2) is 8.78 Å². The van der Waals surface area contributed by atoms with Crippen LogP contribution in [0.5, 0.6) is 0 Å². The maximum absolute atomic E-state index is 12.7. The molecular formula is C15H17F2NO3. The van der Waals surface area contributed by atoms with E-state index in [1.807, 2.05) is 0 Å². The third-order valence-electron chi connectivity index (χ3n) is 3.53. The van der Waals surface area contributed by atoms with Gasteiger partial charge >= 0.3 is 5.97 Å². The predicted octanol–water partition coefficient (Wildman–Crippen LogP) is 2.95. The normalized spacial score (nSPS) is 15.8. The molecule has 1 aliphatic carbocycles. The fourth-order valence-corrected chi connectivity index (χ4v) is 2.13. The lowest BCUT2D eigenvalue weighted by Gasteiger charge is -2.24. The van der Waals surface area contributed by atoms with E-state index in [4.69, 9.17) is 5.11 Å². The van der Waals surface area contributed by atoms with E-state index in [1.54, 1.807) is 0 Å². The second-order valence-electron chi connectivity index (χ2n) is 5.35. The Morgan fingerprint density at radius 1 is 1.38 bits per heavy atom. The van der Waals surface area contributed by atoms with Crippen molar-refractivity contribution in [2.75, 3.05) is 6.54 Å². The van der Waals surface area contributed by atoms with Crippen LogP contribution in [0.4, 0.5) is 8.78 Å². The number of aliphatic carboxylic acids is 1. The number of carboxylic acid groups (broad SMARTS) is 1. The molecule has 0 spiro atoms. The Hall–Kier alpha value is -1.98. The van der Waals surface area contributed by atoms with Crippen LogP contribution in [0, 0.1) is 5.92 Å². The summed E-state index contributed by atoms with van der Waals surface area (Å²) in [5, 5.41) is 8.97. The largest absolute Gasteiger partial charge is 0.481 e. The summed E-state index contributed by atoms with van der Waals surface area (Å²) in [7, 11) is 0. The first-order valence-electron chi connectivity index (χ1n) is 6.82. The highest BCUT2D eigenvalue weighted by atomic mass is 19.3. The molecule has 0 aromatic heterocycles. The second kappa shape index (κ2) is 6.20. The monoisotopic (exact) mass is 297 g/mol. The topological polar surface area (TPSA) is 57.6 Å². The van der Waals surface area contributed by atoms with Crippen molar-refractivity contribution in [2.24, 2.45) is 5.92 Å². The van der Waals surface area contributed by atoms with Gasteiger partial charge in [0.15, 0.2) is 0 Å². The summed E-state index contributed by atoms with van der Waals surface area (Å²) in [4.78, 5) is 24.9. The zero-order valence-corrected chi connectivity index (χ0v) is 11.6. The summed E-state index contributed by atoms with van der Waals surface area (Å²) in [5.74, 6) is -2.05. The molecule has 1 saturated carbocycles. The van der Waals surface area contributed by atoms with Crippen LogP contribution < -0.4 is 0 Å². The first-order chi connectivity index (χ1) is 9.90. The minimum Gasteiger partial charge on any atom is -0.481 e. The van der Waals surface area contributed by atoms with E-state index in [0.29, 0.717) is 0 Å². The van der Waals surface area contributed by atoms with Crippen molar-refractivity contribution in [1.82, 2.24) is 4.90 Å². The standard InChI is InChI=1S/C15H17F2NO3/c1-9(15(20)21)8-18(12-5-6-12)14(19)11-4-2-3-10(7-11)13(16)17/h2-4,7,9,12-13H,5-6,8H2,1H3,(H,20,21). The molecule has 1 unspecified atom stereocenters. The summed E-state index contributed by atoms with van der Waals surface area (Å²) >= 11 is 0. The van der Waals surface area contributed by atoms with Crippen LogP contribution in [0.25, 0.3) is 0 Å². The van der Waals surface area contributed by atoms with Crippen LogP contribution in [0.3, 0.4) is 0 Å². The fourth-order valence-electron chi connectivity index (χ4n) is 2.13. The Morgan fingerprint density at radius 2 is 2.05 bits per heavy atom. The van der Waals surface area contributed by atoms with Gasteiger partial charge in [-0.15, -0.1) is 0 Å². The van der Waals surface area contributed by atoms with Crippen molar-refractivity contribution in [2.45, 2.75) is 32.2 Å². The lowest BCUT2D eigenvalue weighted by Crippen LogP contribution is -2.38. The SMILES string of the molecule is CC(CN(C(=O)c1cccc(C(F)F)c1)C1CC1)C(=O)O. The molecule has 1 aromatic rings. The molecule has 4 nitrogen and oxygen atoms in total. The van der Waals surface area contributed by atoms with Crippen LogP contribution in [-0.2, 0) is 4.79 Å². The number of carbonyl (C=O) groups excluding carboxylic acids is 1. The van der Waals surface area contributed by atoms with Crippen LogP contribution in [-0.4, -0.2) is 34.5 Å². The Morgan fingerprint density at radius 3 is 2.57 bits per heavy atom. The average molecular weight is 297 g/mol. The van der Waals surface area contributed by atoms with Crippen LogP contribution >= 0.6 is 0 Å². The third kappa shape index (κ3) is 3.77. The molecular weight excluding hydrogens is 280 g/mol. The minimum atomic E-state index is -2.63. The number of alkyl halides is 2. The summed E-state index contributed by atoms with van der Waals surface area (Å²) in [5.41, 5.74) is -0.0276. The minimum absolute atomic E-state index is 0.0227. The number of nitrogens with zero attached hydrogens (tertiary/aromatic N) is 1. The number of hydrogen-bond donors (Lipinski definition) is 1. The van der Waals surface area contributed by atoms with E-state index in [9.17, 15) is 18.4 Å². The van der Waals surface area contributed by atoms with Crippen LogP contribution in [0.1, 0.15) is 42.1 Å². The summed E-state index contributed by atoms with van der Waals surface area (Å²) in [6.07, 6.45) is -0.982. The van der Waals surface area contributed by atoms with Crippen molar-refractivity contribution in [3.8, 4) is 0 Å². The molecule has 1 atom stereocenters. The number of carboxylic acids is 1. The highest BCUT2D eigenvalue weighted by molar-refractivity contribution is 5.95. The van der Waals surface area contributed by atoms with Gasteiger partial charge in [0, 0.05) is 23.7 Å². The molecule has 1 amide bonds. The first kappa shape index (κ1) is 15.4. The molecule has 2 rings (SSSR count). The van der Waals surface area contributed by atoms with Gasteiger partial charge in [-0.1, -0.05) is 19.1 Å². The van der Waals surface area contributed by atoms with E-state index < -0.39 is 18.3 Å². The highest BCUT2D eigenvalue weighted by Gasteiger charge is 2.35. The number of carbonyl (C=O) groups is 2. The van der Waals surface area contributed by atoms with Crippen LogP contribution in [0.2, 0.25) is 0 Å². The van der Waals surface area contributed by atoms with Crippen molar-refractivity contribution in [3.05, 3.63) is 35.4 Å². The summed E-state index contributed by atoms with van der Waals surface area (Å²) < 4.78 is 25.4. The zero-order chi connectivity index (χ0) is 15.6. The average Bonchev–Trinajstić information content (AvgIpc) is 3.28. The molecule has 0 bridgehead atoms. The van der Waals surface area contributed by atoms with Gasteiger partial charge in [-0.3, -0.25) is 9.59 Å². The van der Waals surface area contributed by atoms with E-state index in [1.165, 1.54) is 36.1 Å². The second-order valence-corrected chi connectivity index (χ2v) is 5.35. The number of hydrogen-bond acceptors (Lipinski definition) is 2. The Labute approximate surface area is 121 Å². The smallest absolute Gasteiger partial charge is 0.308 e. The van der Waals surface area contributed by atoms with Gasteiger partial charge in [0.05, 0.1) is 5.92 Å². The molecule has 1 fully saturated rings. The highest BCUT2D eigenvalue weighted by Crippen LogP contribution is 2.30. The first-order valence-corrected chi connectivity index (χ1v) is 6.82. The molecule has 6 heteroatoms. The van der Waals surface area contributed by atoms with Crippen LogP contribution in [0.15, 0.2) is 24.3 Å². The molecule has 0 heterocycles. The number of amides is 1. The fraction of sp³-hybridized carbons (Fsp3) is 0.467. The number of halogens is 2. The van der Waals surface area contributed by atoms with E-state index in [0.717, 1.165) is 12.8 Å². The Kier molecular flexibility index (Phi) is 4.55. The van der Waals surface area contributed by atoms with Crippen molar-refractivity contribution < 1.29 is 23.5 Å². The molecule has 0 radical (unpaired) electrons. The van der Waals surface area contributed by atoms with Gasteiger partial charge < -0.3 is 10.0 Å². The van der Waals surface area contributed by atoms with Crippen molar-refractivity contribution in [3.63, 3.8) is 0 Å². The molecule has 0 saturated heterocycles. The molecule has 1 aliphatic rings. The zero-order valence-electron chi connectivity index (χ0n) is 11.6. The Balaban J connectivity index is 2.18. The number of rotatable bonds is 6. The quantitative estimate of drug-likeness (QED) is 0.878. The predicted molar refractivity (Wildman–Crippen MR) is 72.3 cm³/mol. The molecule has 1 aromatic carbocycles. The molecule has 114 valence electrons. The Bertz CT molecular complexity index is 543.